The highest BCUT2D eigenvalue weighted by Crippen LogP contribution is 2.05. The average molecular weight is 233 g/mol. The molecule has 0 aromatic carbocycles. The normalized spacial score (nSPS) is 12.5. The first-order valence-corrected chi connectivity index (χ1v) is 5.17. The molecular formula is C10H19NO5. The van der Waals surface area contributed by atoms with Crippen molar-refractivity contribution in [1.82, 2.24) is 5.32 Å². The number of carbonyl (C=O) groups excluding carboxylic acids is 1. The Morgan fingerprint density at radius 1 is 1.31 bits per heavy atom. The fraction of sp³-hybridized carbons (Fsp3) is 0.800. The van der Waals surface area contributed by atoms with E-state index in [0.717, 1.165) is 0 Å². The van der Waals surface area contributed by atoms with Crippen molar-refractivity contribution in [2.75, 3.05) is 19.8 Å². The molecule has 6 nitrogen and oxygen atoms in total. The maximum Gasteiger partial charge on any atom is 0.329 e. The van der Waals surface area contributed by atoms with Crippen LogP contribution in [0, 0.1) is 5.92 Å². The molecule has 16 heavy (non-hydrogen) atoms. The third-order valence-corrected chi connectivity index (χ3v) is 2.05. The summed E-state index contributed by atoms with van der Waals surface area (Å²) in [6, 6.07) is -0.120. The number of rotatable bonds is 8. The minimum absolute atomic E-state index is 0.000883. The zero-order chi connectivity index (χ0) is 12.6. The van der Waals surface area contributed by atoms with Gasteiger partial charge in [-0.25, -0.2) is 4.79 Å². The lowest BCUT2D eigenvalue weighted by Gasteiger charge is -2.21. The number of hydrogen-bond acceptors (Lipinski definition) is 4. The van der Waals surface area contributed by atoms with Gasteiger partial charge in [-0.3, -0.25) is 4.79 Å². The molecule has 1 atom stereocenters. The first-order chi connectivity index (χ1) is 7.47. The van der Waals surface area contributed by atoms with Crippen LogP contribution in [0.25, 0.3) is 0 Å². The molecule has 0 heterocycles. The van der Waals surface area contributed by atoms with E-state index < -0.39 is 12.6 Å². The molecule has 0 aliphatic heterocycles. The Hall–Kier alpha value is -1.14. The second-order valence-corrected chi connectivity index (χ2v) is 3.82. The number of carboxylic acids is 1. The molecule has 0 fully saturated rings. The number of hydrogen-bond donors (Lipinski definition) is 3. The van der Waals surface area contributed by atoms with Gasteiger partial charge in [0.2, 0.25) is 5.91 Å². The fourth-order valence-electron chi connectivity index (χ4n) is 1.19. The van der Waals surface area contributed by atoms with E-state index in [1.165, 1.54) is 0 Å². The Bertz CT molecular complexity index is 229. The van der Waals surface area contributed by atoms with Crippen molar-refractivity contribution in [3.63, 3.8) is 0 Å². The first kappa shape index (κ1) is 14.9. The standard InChI is InChI=1S/C10H19NO5/c1-7(2)8(3-4-12)11-9(13)5-16-6-10(14)15/h7-8,12H,3-6H2,1-2H3,(H,11,13)(H,14,15). The van der Waals surface area contributed by atoms with E-state index in [-0.39, 0.29) is 31.1 Å². The van der Waals surface area contributed by atoms with Crippen LogP contribution in [0.1, 0.15) is 20.3 Å². The number of aliphatic hydroxyl groups is 1. The molecule has 1 amide bonds. The van der Waals surface area contributed by atoms with Gasteiger partial charge < -0.3 is 20.3 Å². The van der Waals surface area contributed by atoms with E-state index >= 15 is 0 Å². The summed E-state index contributed by atoms with van der Waals surface area (Å²) in [6.45, 7) is 3.09. The van der Waals surface area contributed by atoms with Gasteiger partial charge in [0.1, 0.15) is 13.2 Å². The molecular weight excluding hydrogens is 214 g/mol. The topological polar surface area (TPSA) is 95.9 Å². The summed E-state index contributed by atoms with van der Waals surface area (Å²) in [5, 5.41) is 19.8. The highest BCUT2D eigenvalue weighted by Gasteiger charge is 2.15. The largest absolute Gasteiger partial charge is 0.480 e. The van der Waals surface area contributed by atoms with E-state index in [4.69, 9.17) is 10.2 Å². The Morgan fingerprint density at radius 2 is 1.94 bits per heavy atom. The van der Waals surface area contributed by atoms with Crippen molar-refractivity contribution in [2.24, 2.45) is 5.92 Å². The van der Waals surface area contributed by atoms with Crippen LogP contribution in [0.4, 0.5) is 0 Å². The summed E-state index contributed by atoms with van der Waals surface area (Å²) >= 11 is 0. The van der Waals surface area contributed by atoms with Crippen molar-refractivity contribution in [1.29, 1.82) is 0 Å². The predicted octanol–water partition coefficient (Wildman–Crippen LogP) is -0.389. The smallest absolute Gasteiger partial charge is 0.329 e. The lowest BCUT2D eigenvalue weighted by atomic mass is 10.0. The number of nitrogens with one attached hydrogen (secondary N) is 1. The number of carboxylic acid groups (broad SMARTS) is 1. The SMILES string of the molecule is CC(C)C(CCO)NC(=O)COCC(=O)O. The zero-order valence-corrected chi connectivity index (χ0v) is 9.60. The Balaban J connectivity index is 3.86. The van der Waals surface area contributed by atoms with Crippen molar-refractivity contribution < 1.29 is 24.5 Å². The van der Waals surface area contributed by atoms with Crippen molar-refractivity contribution in [2.45, 2.75) is 26.3 Å². The third kappa shape index (κ3) is 7.19. The summed E-state index contributed by atoms with van der Waals surface area (Å²) in [7, 11) is 0. The maximum absolute atomic E-state index is 11.3. The zero-order valence-electron chi connectivity index (χ0n) is 9.60. The molecule has 0 aliphatic rings. The fourth-order valence-corrected chi connectivity index (χ4v) is 1.19. The van der Waals surface area contributed by atoms with Gasteiger partial charge in [-0.1, -0.05) is 13.8 Å². The minimum Gasteiger partial charge on any atom is -0.480 e. The summed E-state index contributed by atoms with van der Waals surface area (Å²) in [5.74, 6) is -1.27. The Morgan fingerprint density at radius 3 is 2.38 bits per heavy atom. The van der Waals surface area contributed by atoms with Gasteiger partial charge >= 0.3 is 5.97 Å². The molecule has 0 bridgehead atoms. The highest BCUT2D eigenvalue weighted by atomic mass is 16.5. The Kier molecular flexibility index (Phi) is 7.49. The molecule has 0 aromatic heterocycles. The molecule has 0 saturated carbocycles. The van der Waals surface area contributed by atoms with Gasteiger partial charge in [0.05, 0.1) is 0 Å². The van der Waals surface area contributed by atoms with Gasteiger partial charge in [-0.2, -0.15) is 0 Å². The lowest BCUT2D eigenvalue weighted by molar-refractivity contribution is -0.143. The second kappa shape index (κ2) is 8.06. The number of ether oxygens (including phenoxy) is 1. The number of aliphatic hydroxyl groups excluding tert-OH is 1. The molecule has 0 rings (SSSR count). The van der Waals surface area contributed by atoms with Crippen LogP contribution in [0.3, 0.4) is 0 Å². The van der Waals surface area contributed by atoms with Crippen LogP contribution in [-0.2, 0) is 14.3 Å². The summed E-state index contributed by atoms with van der Waals surface area (Å²) in [4.78, 5) is 21.4. The van der Waals surface area contributed by atoms with Crippen LogP contribution in [0.2, 0.25) is 0 Å². The van der Waals surface area contributed by atoms with E-state index in [0.29, 0.717) is 6.42 Å². The van der Waals surface area contributed by atoms with E-state index in [1.54, 1.807) is 0 Å². The van der Waals surface area contributed by atoms with Crippen LogP contribution < -0.4 is 5.32 Å². The van der Waals surface area contributed by atoms with Gasteiger partial charge in [-0.05, 0) is 12.3 Å². The van der Waals surface area contributed by atoms with Gasteiger partial charge in [-0.15, -0.1) is 0 Å². The van der Waals surface area contributed by atoms with E-state index in [1.807, 2.05) is 13.8 Å². The molecule has 1 unspecified atom stereocenters. The number of carbonyl (C=O) groups is 2. The monoisotopic (exact) mass is 233 g/mol. The van der Waals surface area contributed by atoms with Crippen molar-refractivity contribution in [3.8, 4) is 0 Å². The molecule has 0 aliphatic carbocycles. The first-order valence-electron chi connectivity index (χ1n) is 5.17. The summed E-state index contributed by atoms with van der Waals surface area (Å²) in [5.41, 5.74) is 0. The minimum atomic E-state index is -1.11. The lowest BCUT2D eigenvalue weighted by Crippen LogP contribution is -2.41. The van der Waals surface area contributed by atoms with Crippen LogP contribution in [-0.4, -0.2) is 48.0 Å². The van der Waals surface area contributed by atoms with Crippen LogP contribution >= 0.6 is 0 Å². The molecule has 0 saturated heterocycles. The quantitative estimate of drug-likeness (QED) is 0.530. The van der Waals surface area contributed by atoms with E-state index in [9.17, 15) is 9.59 Å². The molecule has 3 N–H and O–H groups in total. The van der Waals surface area contributed by atoms with Gasteiger partial charge in [0, 0.05) is 12.6 Å². The van der Waals surface area contributed by atoms with Gasteiger partial charge in [0.15, 0.2) is 0 Å². The molecule has 0 radical (unpaired) electrons. The summed E-state index contributed by atoms with van der Waals surface area (Å²) < 4.78 is 4.64. The molecule has 6 heteroatoms. The average Bonchev–Trinajstić information content (AvgIpc) is 2.16. The van der Waals surface area contributed by atoms with Gasteiger partial charge in [0.25, 0.3) is 0 Å². The predicted molar refractivity (Wildman–Crippen MR) is 56.9 cm³/mol. The number of aliphatic carboxylic acids is 1. The summed E-state index contributed by atoms with van der Waals surface area (Å²) in [6.07, 6.45) is 0.475. The van der Waals surface area contributed by atoms with Crippen molar-refractivity contribution >= 4 is 11.9 Å². The molecule has 0 spiro atoms. The highest BCUT2D eigenvalue weighted by molar-refractivity contribution is 5.78. The van der Waals surface area contributed by atoms with Crippen LogP contribution in [0.15, 0.2) is 0 Å². The van der Waals surface area contributed by atoms with Crippen molar-refractivity contribution in [3.05, 3.63) is 0 Å². The third-order valence-electron chi connectivity index (χ3n) is 2.05. The van der Waals surface area contributed by atoms with E-state index in [2.05, 4.69) is 10.1 Å². The Labute approximate surface area is 94.6 Å². The van der Waals surface area contributed by atoms with Crippen LogP contribution in [0.5, 0.6) is 0 Å². The second-order valence-electron chi connectivity index (χ2n) is 3.82. The molecule has 0 aromatic rings. The number of amides is 1. The molecule has 94 valence electrons. The maximum atomic E-state index is 11.3.